The Morgan fingerprint density at radius 1 is 0.936 bits per heavy atom. The van der Waals surface area contributed by atoms with E-state index in [1.807, 2.05) is 0 Å². The molecule has 47 heavy (non-hydrogen) atoms. The molecule has 23 nitrogen and oxygen atoms in total. The molecule has 0 aromatic carbocycles. The molecule has 0 radical (unpaired) electrons. The summed E-state index contributed by atoms with van der Waals surface area (Å²) in [6.45, 7) is -1.77. The van der Waals surface area contributed by atoms with Crippen LogP contribution in [0.15, 0.2) is 47.7 Å². The van der Waals surface area contributed by atoms with E-state index in [2.05, 4.69) is 29.9 Å². The van der Waals surface area contributed by atoms with Gasteiger partial charge in [-0.15, -0.1) is 0 Å². The maximum atomic E-state index is 13.2. The summed E-state index contributed by atoms with van der Waals surface area (Å²) in [6.07, 6.45) is -2.56. The van der Waals surface area contributed by atoms with E-state index in [4.69, 9.17) is 33.3 Å². The number of nitrogen functional groups attached to an aromatic ring is 1. The van der Waals surface area contributed by atoms with Crippen molar-refractivity contribution in [1.82, 2.24) is 43.4 Å². The van der Waals surface area contributed by atoms with Gasteiger partial charge in [-0.2, -0.15) is 4.98 Å². The first-order valence-corrected chi connectivity index (χ1v) is 16.5. The summed E-state index contributed by atoms with van der Waals surface area (Å²) in [5.41, 5.74) is 5.65. The number of aliphatic hydroxyl groups excluding tert-OH is 2. The van der Waals surface area contributed by atoms with Crippen LogP contribution < -0.4 is 11.3 Å². The highest BCUT2D eigenvalue weighted by Gasteiger charge is 2.52. The maximum absolute atomic E-state index is 13.2. The number of nitrogens with one attached hydrogen (secondary N) is 1. The number of aromatic amines is 1. The smallest absolute Gasteiger partial charge is 0.473 e. The van der Waals surface area contributed by atoms with Gasteiger partial charge in [-0.1, -0.05) is 0 Å². The van der Waals surface area contributed by atoms with Crippen LogP contribution >= 0.6 is 15.6 Å². The number of ether oxygens (including phenoxy) is 2. The van der Waals surface area contributed by atoms with Crippen LogP contribution in [0.1, 0.15) is 12.5 Å². The molecule has 248 valence electrons. The number of aromatic nitrogens is 9. The molecule has 2 bridgehead atoms. The Morgan fingerprint density at radius 3 is 2.49 bits per heavy atom. The van der Waals surface area contributed by atoms with Crippen molar-refractivity contribution in [3.05, 3.63) is 53.2 Å². The molecule has 0 amide bonds. The third-order valence-electron chi connectivity index (χ3n) is 7.60. The zero-order valence-corrected chi connectivity index (χ0v) is 25.1. The lowest BCUT2D eigenvalue weighted by molar-refractivity contribution is -0.0584. The fourth-order valence-electron chi connectivity index (χ4n) is 5.52. The summed E-state index contributed by atoms with van der Waals surface area (Å²) in [5, 5.41) is 22.2. The molecule has 1 fully saturated rings. The molecule has 1 saturated heterocycles. The molecule has 3 aliphatic rings. The molecule has 8 heterocycles. The van der Waals surface area contributed by atoms with Crippen molar-refractivity contribution in [3.8, 4) is 0 Å². The summed E-state index contributed by atoms with van der Waals surface area (Å²) in [5.74, 6) is -1.64. The van der Waals surface area contributed by atoms with Crippen LogP contribution in [0.5, 0.6) is 0 Å². The molecular formula is C22H22N10O13P2. The Morgan fingerprint density at radius 2 is 1.68 bits per heavy atom. The van der Waals surface area contributed by atoms with Crippen LogP contribution in [0.3, 0.4) is 0 Å². The van der Waals surface area contributed by atoms with Crippen LogP contribution in [-0.4, -0.2) is 101 Å². The minimum atomic E-state index is -5.15. The number of nitrogens with two attached hydrogens (primary N) is 1. The maximum Gasteiger partial charge on any atom is 0.473 e. The summed E-state index contributed by atoms with van der Waals surface area (Å²) < 4.78 is 62.8. The number of nitrogens with zero attached hydrogens (tertiary/aromatic N) is 8. The number of hydrogen-bond donors (Lipinski definition) is 6. The molecule has 5 aromatic heterocycles. The van der Waals surface area contributed by atoms with Gasteiger partial charge < -0.3 is 35.2 Å². The third-order valence-corrected chi connectivity index (χ3v) is 9.53. The normalized spacial score (nSPS) is 33.5. The molecule has 7 N–H and O–H groups in total. The fourth-order valence-corrected chi connectivity index (χ4v) is 7.31. The van der Waals surface area contributed by atoms with Gasteiger partial charge in [0, 0.05) is 12.4 Å². The second-order valence-corrected chi connectivity index (χ2v) is 13.3. The van der Waals surface area contributed by atoms with E-state index in [9.17, 15) is 33.9 Å². The SMILES string of the molecule is Nc1nc2c(ncn2[C@@H]2OC3=C(O)C2OP(=O)(O)OC[C@H]2O[C@@H](n4cnc5c4ncn4ccnc54)C(O)C2OP(=O)(O)OC3)c(=O)[nH]1. The summed E-state index contributed by atoms with van der Waals surface area (Å²) in [4.78, 5) is 56.7. The van der Waals surface area contributed by atoms with Crippen LogP contribution in [0, 0.1) is 0 Å². The minimum absolute atomic E-state index is 0.150. The summed E-state index contributed by atoms with van der Waals surface area (Å²) >= 11 is 0. The molecule has 5 aromatic rings. The lowest BCUT2D eigenvalue weighted by Gasteiger charge is -2.26. The molecule has 8 rings (SSSR count). The first kappa shape index (κ1) is 30.1. The van der Waals surface area contributed by atoms with Gasteiger partial charge in [-0.3, -0.25) is 41.4 Å². The number of phosphoric ester groups is 2. The number of aliphatic hydroxyl groups is 2. The van der Waals surface area contributed by atoms with Crippen LogP contribution in [0.2, 0.25) is 0 Å². The minimum Gasteiger partial charge on any atom is -0.506 e. The first-order chi connectivity index (χ1) is 22.4. The lowest BCUT2D eigenvalue weighted by Crippen LogP contribution is -2.36. The zero-order valence-electron chi connectivity index (χ0n) is 23.3. The average molecular weight is 696 g/mol. The van der Waals surface area contributed by atoms with E-state index in [-0.39, 0.29) is 22.8 Å². The third kappa shape index (κ3) is 5.00. The highest BCUT2D eigenvalue weighted by molar-refractivity contribution is 7.47. The summed E-state index contributed by atoms with van der Waals surface area (Å²) in [7, 11) is -10.2. The first-order valence-electron chi connectivity index (χ1n) is 13.5. The van der Waals surface area contributed by atoms with E-state index >= 15 is 0 Å². The van der Waals surface area contributed by atoms with E-state index in [0.29, 0.717) is 11.2 Å². The number of anilines is 1. The highest BCUT2D eigenvalue weighted by Crippen LogP contribution is 2.54. The number of H-pyrrole nitrogens is 1. The topological polar surface area (TPSA) is 308 Å². The number of hydrogen-bond acceptors (Lipinski definition) is 17. The number of phosphoric acid groups is 2. The second-order valence-electron chi connectivity index (χ2n) is 10.5. The average Bonchev–Trinajstić information content (AvgIpc) is 3.83. The van der Waals surface area contributed by atoms with Crippen LogP contribution in [-0.2, 0) is 36.7 Å². The predicted octanol–water partition coefficient (Wildman–Crippen LogP) is -0.631. The van der Waals surface area contributed by atoms with Gasteiger partial charge in [-0.05, 0) is 0 Å². The molecule has 0 saturated carbocycles. The standard InChI is InChI=1S/C22H22N10O13P2/c23-22-28-18-11(19(35)29-22)26-7-32(18)21-15-12(33)8(42-21)3-40-46(36,37)44-14-9(4-41-47(38,39)45-15)43-20(13(14)34)31-6-25-10-16-24-1-2-30(16)5-27-17(10)31/h1-2,5-7,9,13-15,20-21,33-34H,3-4H2,(H,36,37)(H,38,39)(H3,23,28,29,35)/t9-,13?,14?,15?,20-,21-/m1/s1. The van der Waals surface area contributed by atoms with E-state index in [1.165, 1.54) is 23.4 Å². The van der Waals surface area contributed by atoms with E-state index in [0.717, 1.165) is 10.9 Å². The predicted molar refractivity (Wildman–Crippen MR) is 150 cm³/mol. The second kappa shape index (κ2) is 10.6. The van der Waals surface area contributed by atoms with Gasteiger partial charge in [0.05, 0.1) is 12.9 Å². The molecular weight excluding hydrogens is 674 g/mol. The molecule has 0 spiro atoms. The van der Waals surface area contributed by atoms with Crippen LogP contribution in [0.25, 0.3) is 28.0 Å². The quantitative estimate of drug-likeness (QED) is 0.125. The van der Waals surface area contributed by atoms with Gasteiger partial charge in [0.1, 0.15) is 37.6 Å². The molecule has 25 heteroatoms. The van der Waals surface area contributed by atoms with E-state index < -0.39 is 82.8 Å². The van der Waals surface area contributed by atoms with Gasteiger partial charge in [0.2, 0.25) is 12.2 Å². The Hall–Kier alpha value is -4.28. The van der Waals surface area contributed by atoms with Crippen molar-refractivity contribution in [3.63, 3.8) is 0 Å². The van der Waals surface area contributed by atoms with Gasteiger partial charge in [0.15, 0.2) is 51.8 Å². The Balaban J connectivity index is 1.12. The van der Waals surface area contributed by atoms with Crippen molar-refractivity contribution in [2.24, 2.45) is 0 Å². The van der Waals surface area contributed by atoms with Crippen molar-refractivity contribution in [1.29, 1.82) is 0 Å². The molecule has 5 unspecified atom stereocenters. The monoisotopic (exact) mass is 696 g/mol. The number of fused-ring (bicyclic) bond motifs is 6. The van der Waals surface area contributed by atoms with Crippen molar-refractivity contribution in [2.45, 2.75) is 36.9 Å². The van der Waals surface area contributed by atoms with Gasteiger partial charge in [0.25, 0.3) is 5.56 Å². The fraction of sp³-hybridized carbons (Fsp3) is 0.364. The van der Waals surface area contributed by atoms with Crippen molar-refractivity contribution in [2.75, 3.05) is 18.9 Å². The largest absolute Gasteiger partial charge is 0.506 e. The Bertz CT molecular complexity index is 2250. The van der Waals surface area contributed by atoms with Crippen molar-refractivity contribution < 1.29 is 56.7 Å². The van der Waals surface area contributed by atoms with Crippen LogP contribution in [0.4, 0.5) is 5.95 Å². The molecule has 3 aliphatic heterocycles. The number of rotatable bonds is 2. The summed E-state index contributed by atoms with van der Waals surface area (Å²) in [6, 6.07) is 0. The van der Waals surface area contributed by atoms with Gasteiger partial charge >= 0.3 is 15.6 Å². The highest BCUT2D eigenvalue weighted by atomic mass is 31.2. The lowest BCUT2D eigenvalue weighted by atomic mass is 10.1. The van der Waals surface area contributed by atoms with E-state index in [1.54, 1.807) is 10.6 Å². The Kier molecular flexibility index (Phi) is 6.79. The number of imidazole rings is 3. The molecule has 8 atom stereocenters. The Labute approximate surface area is 259 Å². The van der Waals surface area contributed by atoms with Gasteiger partial charge in [-0.25, -0.2) is 29.1 Å². The molecule has 0 aliphatic carbocycles. The van der Waals surface area contributed by atoms with Crippen molar-refractivity contribution >= 4 is 49.6 Å². The zero-order chi connectivity index (χ0) is 32.8.